The summed E-state index contributed by atoms with van der Waals surface area (Å²) >= 11 is 8.25. The van der Waals surface area contributed by atoms with E-state index in [1.54, 1.807) is 18.2 Å². The molecule has 0 saturated heterocycles. The van der Waals surface area contributed by atoms with Crippen LogP contribution in [0.3, 0.4) is 0 Å². The molecule has 0 spiro atoms. The smallest absolute Gasteiger partial charge is 0.136 e. The van der Waals surface area contributed by atoms with Crippen molar-refractivity contribution in [2.24, 2.45) is 5.73 Å². The first kappa shape index (κ1) is 15.7. The Morgan fingerprint density at radius 2 is 1.76 bits per heavy atom. The number of nitrogens with two attached hydrogens (primary N) is 1. The molecule has 110 valence electrons. The Morgan fingerprint density at radius 1 is 1.10 bits per heavy atom. The molecule has 0 atom stereocenters. The third-order valence-electron chi connectivity index (χ3n) is 2.64. The van der Waals surface area contributed by atoms with Gasteiger partial charge in [0, 0.05) is 6.07 Å². The van der Waals surface area contributed by atoms with Gasteiger partial charge in [0.1, 0.15) is 35.5 Å². The van der Waals surface area contributed by atoms with Crippen molar-refractivity contribution in [3.63, 3.8) is 0 Å². The van der Waals surface area contributed by atoms with Gasteiger partial charge in [0.15, 0.2) is 0 Å². The van der Waals surface area contributed by atoms with Gasteiger partial charge in [-0.15, -0.1) is 0 Å². The van der Waals surface area contributed by atoms with Crippen molar-refractivity contribution in [3.05, 3.63) is 58.3 Å². The van der Waals surface area contributed by atoms with E-state index in [1.807, 2.05) is 12.1 Å². The van der Waals surface area contributed by atoms with E-state index in [-0.39, 0.29) is 17.4 Å². The van der Waals surface area contributed by atoms with Gasteiger partial charge in [-0.25, -0.2) is 4.39 Å². The molecule has 0 heterocycles. The van der Waals surface area contributed by atoms with E-state index >= 15 is 0 Å². The molecule has 0 unspecified atom stereocenters. The van der Waals surface area contributed by atoms with Crippen molar-refractivity contribution in [2.75, 3.05) is 13.2 Å². The first-order valence-electron chi connectivity index (χ1n) is 6.17. The molecule has 0 amide bonds. The second kappa shape index (κ2) is 7.38. The van der Waals surface area contributed by atoms with Gasteiger partial charge < -0.3 is 15.2 Å². The Hall–Kier alpha value is -1.66. The molecule has 2 aromatic carbocycles. The summed E-state index contributed by atoms with van der Waals surface area (Å²) in [6.07, 6.45) is 0. The highest BCUT2D eigenvalue weighted by Crippen LogP contribution is 2.25. The molecule has 2 aromatic rings. The molecule has 21 heavy (non-hydrogen) atoms. The van der Waals surface area contributed by atoms with E-state index in [0.717, 1.165) is 0 Å². The largest absolute Gasteiger partial charge is 0.489 e. The van der Waals surface area contributed by atoms with Gasteiger partial charge in [-0.2, -0.15) is 0 Å². The van der Waals surface area contributed by atoms with E-state index in [0.29, 0.717) is 28.1 Å². The molecule has 0 saturated carbocycles. The van der Waals surface area contributed by atoms with Gasteiger partial charge in [-0.05, 0) is 40.2 Å². The average molecular weight is 370 g/mol. The van der Waals surface area contributed by atoms with Gasteiger partial charge in [-0.3, -0.25) is 0 Å². The van der Waals surface area contributed by atoms with E-state index in [1.165, 1.54) is 12.1 Å². The lowest BCUT2D eigenvalue weighted by molar-refractivity contribution is 0.215. The molecule has 3 nitrogen and oxygen atoms in total. The van der Waals surface area contributed by atoms with Crippen molar-refractivity contribution in [1.29, 1.82) is 0 Å². The maximum atomic E-state index is 13.1. The number of hydrogen-bond acceptors (Lipinski definition) is 3. The van der Waals surface area contributed by atoms with Crippen molar-refractivity contribution in [2.45, 2.75) is 0 Å². The summed E-state index contributed by atoms with van der Waals surface area (Å²) in [5, 5.41) is 0. The minimum Gasteiger partial charge on any atom is -0.489 e. The molecule has 0 aliphatic heterocycles. The molecular formula is C15H13BrFNO2S. The third kappa shape index (κ3) is 4.41. The maximum Gasteiger partial charge on any atom is 0.136 e. The van der Waals surface area contributed by atoms with Crippen LogP contribution in [0.25, 0.3) is 0 Å². The zero-order chi connectivity index (χ0) is 15.2. The van der Waals surface area contributed by atoms with E-state index in [2.05, 4.69) is 15.9 Å². The highest BCUT2D eigenvalue weighted by atomic mass is 79.9. The second-order valence-electron chi connectivity index (χ2n) is 4.13. The van der Waals surface area contributed by atoms with Gasteiger partial charge in [0.05, 0.1) is 10.0 Å². The fourth-order valence-corrected chi connectivity index (χ4v) is 2.22. The number of hydrogen-bond donors (Lipinski definition) is 1. The molecule has 0 bridgehead atoms. The minimum atomic E-state index is -0.354. The summed E-state index contributed by atoms with van der Waals surface area (Å²) in [6.45, 7) is 0.566. The van der Waals surface area contributed by atoms with Gasteiger partial charge in [0.2, 0.25) is 0 Å². The minimum absolute atomic E-state index is 0.272. The normalized spacial score (nSPS) is 10.2. The predicted molar refractivity (Wildman–Crippen MR) is 87.4 cm³/mol. The molecule has 0 fully saturated rings. The molecule has 0 aromatic heterocycles. The SMILES string of the molecule is NC(=S)c1ccccc1OCCOc1cc(F)ccc1Br. The molecule has 2 N–H and O–H groups in total. The van der Waals surface area contributed by atoms with Crippen molar-refractivity contribution < 1.29 is 13.9 Å². The van der Waals surface area contributed by atoms with Crippen LogP contribution in [0.5, 0.6) is 11.5 Å². The zero-order valence-corrected chi connectivity index (χ0v) is 13.4. The Labute approximate surface area is 136 Å². The van der Waals surface area contributed by atoms with Crippen molar-refractivity contribution >= 4 is 33.1 Å². The van der Waals surface area contributed by atoms with Crippen LogP contribution in [0.1, 0.15) is 5.56 Å². The van der Waals surface area contributed by atoms with E-state index < -0.39 is 0 Å². The maximum absolute atomic E-state index is 13.1. The third-order valence-corrected chi connectivity index (χ3v) is 3.52. The van der Waals surface area contributed by atoms with Crippen LogP contribution in [-0.2, 0) is 0 Å². The van der Waals surface area contributed by atoms with Gasteiger partial charge in [-0.1, -0.05) is 24.4 Å². The standard InChI is InChI=1S/C15H13BrFNO2S/c16-12-6-5-10(17)9-14(12)20-8-7-19-13-4-2-1-3-11(13)15(18)21/h1-6,9H,7-8H2,(H2,18,21). The summed E-state index contributed by atoms with van der Waals surface area (Å²) in [7, 11) is 0. The predicted octanol–water partition coefficient (Wildman–Crippen LogP) is 3.68. The van der Waals surface area contributed by atoms with Crippen molar-refractivity contribution in [3.8, 4) is 11.5 Å². The second-order valence-corrected chi connectivity index (χ2v) is 5.43. The number of benzene rings is 2. The number of para-hydroxylation sites is 1. The lowest BCUT2D eigenvalue weighted by Crippen LogP contribution is -2.14. The Morgan fingerprint density at radius 3 is 2.48 bits per heavy atom. The summed E-state index contributed by atoms with van der Waals surface area (Å²) in [6, 6.07) is 11.5. The number of thiocarbonyl (C=S) groups is 1. The molecule has 0 aliphatic rings. The topological polar surface area (TPSA) is 44.5 Å². The van der Waals surface area contributed by atoms with E-state index in [4.69, 9.17) is 27.4 Å². The molecule has 0 radical (unpaired) electrons. The van der Waals surface area contributed by atoms with Gasteiger partial charge >= 0.3 is 0 Å². The monoisotopic (exact) mass is 369 g/mol. The number of halogens is 2. The highest BCUT2D eigenvalue weighted by Gasteiger charge is 2.06. The highest BCUT2D eigenvalue weighted by molar-refractivity contribution is 9.10. The zero-order valence-electron chi connectivity index (χ0n) is 11.0. The molecule has 0 aliphatic carbocycles. The van der Waals surface area contributed by atoms with Crippen LogP contribution in [0, 0.1) is 5.82 Å². The molecular weight excluding hydrogens is 357 g/mol. The Bertz CT molecular complexity index is 651. The molecule has 6 heteroatoms. The number of ether oxygens (including phenoxy) is 2. The van der Waals surface area contributed by atoms with Crippen LogP contribution in [0.4, 0.5) is 4.39 Å². The van der Waals surface area contributed by atoms with Crippen LogP contribution < -0.4 is 15.2 Å². The fraction of sp³-hybridized carbons (Fsp3) is 0.133. The lowest BCUT2D eigenvalue weighted by Gasteiger charge is -2.12. The fourth-order valence-electron chi connectivity index (χ4n) is 1.69. The lowest BCUT2D eigenvalue weighted by atomic mass is 10.2. The Balaban J connectivity index is 1.91. The van der Waals surface area contributed by atoms with Crippen LogP contribution >= 0.6 is 28.1 Å². The van der Waals surface area contributed by atoms with Gasteiger partial charge in [0.25, 0.3) is 0 Å². The summed E-state index contributed by atoms with van der Waals surface area (Å²) in [5.74, 6) is 0.682. The Kier molecular flexibility index (Phi) is 5.52. The van der Waals surface area contributed by atoms with Crippen molar-refractivity contribution in [1.82, 2.24) is 0 Å². The first-order chi connectivity index (χ1) is 10.1. The van der Waals surface area contributed by atoms with E-state index in [9.17, 15) is 4.39 Å². The quantitative estimate of drug-likeness (QED) is 0.623. The first-order valence-corrected chi connectivity index (χ1v) is 7.37. The summed E-state index contributed by atoms with van der Waals surface area (Å²) < 4.78 is 24.8. The van der Waals surface area contributed by atoms with Crippen LogP contribution in [0.2, 0.25) is 0 Å². The summed E-state index contributed by atoms with van der Waals surface area (Å²) in [5.41, 5.74) is 6.30. The van der Waals surface area contributed by atoms with Crippen LogP contribution in [-0.4, -0.2) is 18.2 Å². The van der Waals surface area contributed by atoms with Crippen LogP contribution in [0.15, 0.2) is 46.9 Å². The summed E-state index contributed by atoms with van der Waals surface area (Å²) in [4.78, 5) is 0.277. The molecule has 2 rings (SSSR count). The number of rotatable bonds is 6. The average Bonchev–Trinajstić information content (AvgIpc) is 2.47.